The highest BCUT2D eigenvalue weighted by molar-refractivity contribution is 8.01. The molecular formula is C23H20N2O6S. The van der Waals surface area contributed by atoms with Crippen LogP contribution in [0, 0.1) is 0 Å². The molecule has 32 heavy (non-hydrogen) atoms. The zero-order valence-electron chi connectivity index (χ0n) is 16.9. The van der Waals surface area contributed by atoms with Crippen molar-refractivity contribution >= 4 is 35.5 Å². The maximum Gasteiger partial charge on any atom is 0.374 e. The van der Waals surface area contributed by atoms with E-state index in [2.05, 4.69) is 5.32 Å². The van der Waals surface area contributed by atoms with Gasteiger partial charge in [-0.05, 0) is 11.1 Å². The molecule has 2 aromatic rings. The largest absolute Gasteiger partial charge is 0.456 e. The third-order valence-corrected chi connectivity index (χ3v) is 7.37. The molecule has 0 spiro atoms. The van der Waals surface area contributed by atoms with Crippen LogP contribution in [0.2, 0.25) is 0 Å². The lowest BCUT2D eigenvalue weighted by atomic mass is 9.98. The van der Waals surface area contributed by atoms with Crippen LogP contribution in [0.4, 0.5) is 0 Å². The number of amides is 2. The van der Waals surface area contributed by atoms with Crippen LogP contribution in [0.15, 0.2) is 60.7 Å². The van der Waals surface area contributed by atoms with Gasteiger partial charge in [0.15, 0.2) is 0 Å². The van der Waals surface area contributed by atoms with Gasteiger partial charge in [-0.1, -0.05) is 60.7 Å². The van der Waals surface area contributed by atoms with E-state index in [-0.39, 0.29) is 25.4 Å². The van der Waals surface area contributed by atoms with E-state index in [9.17, 15) is 19.2 Å². The number of carbonyl (C=O) groups is 4. The molecular weight excluding hydrogens is 432 g/mol. The number of nitrogens with zero attached hydrogens (tertiary/aromatic N) is 1. The van der Waals surface area contributed by atoms with Crippen molar-refractivity contribution in [2.75, 3.05) is 0 Å². The molecule has 9 heteroatoms. The van der Waals surface area contributed by atoms with Gasteiger partial charge in [0.2, 0.25) is 5.91 Å². The Hall–Kier alpha value is -3.33. The van der Waals surface area contributed by atoms with Crippen LogP contribution in [0.25, 0.3) is 0 Å². The lowest BCUT2D eigenvalue weighted by Gasteiger charge is -2.47. The highest BCUT2D eigenvalue weighted by Gasteiger charge is 2.75. The van der Waals surface area contributed by atoms with Crippen molar-refractivity contribution in [2.24, 2.45) is 0 Å². The second-order valence-electron chi connectivity index (χ2n) is 7.87. The summed E-state index contributed by atoms with van der Waals surface area (Å²) >= 11 is 1.29. The summed E-state index contributed by atoms with van der Waals surface area (Å²) in [6, 6.07) is 17.5. The summed E-state index contributed by atoms with van der Waals surface area (Å²) in [6.07, 6.45) is 0.140. The van der Waals surface area contributed by atoms with Crippen molar-refractivity contribution in [1.29, 1.82) is 0 Å². The Bertz CT molecular complexity index is 1080. The van der Waals surface area contributed by atoms with Gasteiger partial charge in [-0.25, -0.2) is 4.79 Å². The summed E-state index contributed by atoms with van der Waals surface area (Å²) < 4.78 is 10.9. The minimum absolute atomic E-state index is 0.000295. The second kappa shape index (κ2) is 7.98. The SMILES string of the molecule is O=C(Cc1ccccc1)N[C@@H]1C(=O)N2[C@@H]1S[C@@H]1CC(=O)O[C@@]12C(=O)OCc1ccccc1. The van der Waals surface area contributed by atoms with E-state index >= 15 is 0 Å². The predicted octanol–water partition coefficient (Wildman–Crippen LogP) is 1.38. The highest BCUT2D eigenvalue weighted by atomic mass is 32.2. The molecule has 0 aromatic heterocycles. The summed E-state index contributed by atoms with van der Waals surface area (Å²) in [7, 11) is 0. The molecule has 3 aliphatic rings. The summed E-state index contributed by atoms with van der Waals surface area (Å²) in [4.78, 5) is 51.8. The van der Waals surface area contributed by atoms with Crippen molar-refractivity contribution in [2.45, 2.75) is 41.8 Å². The number of ether oxygens (including phenoxy) is 2. The number of β-lactam (4-membered cyclic amide) rings is 1. The van der Waals surface area contributed by atoms with Crippen LogP contribution in [0.5, 0.6) is 0 Å². The van der Waals surface area contributed by atoms with Gasteiger partial charge in [-0.2, -0.15) is 0 Å². The third-order valence-electron chi connectivity index (χ3n) is 5.79. The molecule has 0 bridgehead atoms. The van der Waals surface area contributed by atoms with Crippen molar-refractivity contribution in [3.63, 3.8) is 0 Å². The van der Waals surface area contributed by atoms with E-state index in [1.54, 1.807) is 0 Å². The van der Waals surface area contributed by atoms with Gasteiger partial charge in [-0.3, -0.25) is 19.3 Å². The van der Waals surface area contributed by atoms with Crippen LogP contribution in [-0.4, -0.2) is 51.0 Å². The molecule has 3 aliphatic heterocycles. The molecule has 0 radical (unpaired) electrons. The van der Waals surface area contributed by atoms with Gasteiger partial charge in [0.1, 0.15) is 18.0 Å². The first kappa shape index (κ1) is 20.6. The first-order valence-corrected chi connectivity index (χ1v) is 11.2. The van der Waals surface area contributed by atoms with Gasteiger partial charge < -0.3 is 14.8 Å². The van der Waals surface area contributed by atoms with Crippen LogP contribution < -0.4 is 5.32 Å². The average Bonchev–Trinajstić information content (AvgIpc) is 3.26. The summed E-state index contributed by atoms with van der Waals surface area (Å²) in [5.74, 6) is -2.07. The highest BCUT2D eigenvalue weighted by Crippen LogP contribution is 2.55. The molecule has 8 nitrogen and oxygen atoms in total. The Morgan fingerprint density at radius 3 is 2.41 bits per heavy atom. The molecule has 3 saturated heterocycles. The second-order valence-corrected chi connectivity index (χ2v) is 9.19. The van der Waals surface area contributed by atoms with E-state index in [1.807, 2.05) is 60.7 Å². The van der Waals surface area contributed by atoms with Crippen LogP contribution in [-0.2, 0) is 41.7 Å². The van der Waals surface area contributed by atoms with Crippen molar-refractivity contribution in [3.05, 3.63) is 71.8 Å². The number of hydrogen-bond acceptors (Lipinski definition) is 7. The molecule has 2 amide bonds. The zero-order valence-corrected chi connectivity index (χ0v) is 17.7. The van der Waals surface area contributed by atoms with Crippen molar-refractivity contribution in [1.82, 2.24) is 10.2 Å². The number of esters is 2. The smallest absolute Gasteiger partial charge is 0.374 e. The Morgan fingerprint density at radius 2 is 1.72 bits per heavy atom. The molecule has 5 rings (SSSR count). The maximum atomic E-state index is 13.1. The maximum absolute atomic E-state index is 13.1. The molecule has 3 heterocycles. The average molecular weight is 452 g/mol. The van der Waals surface area contributed by atoms with Crippen LogP contribution in [0.3, 0.4) is 0 Å². The molecule has 4 atom stereocenters. The van der Waals surface area contributed by atoms with Gasteiger partial charge >= 0.3 is 11.9 Å². The van der Waals surface area contributed by atoms with Gasteiger partial charge in [-0.15, -0.1) is 11.8 Å². The Morgan fingerprint density at radius 1 is 1.06 bits per heavy atom. The monoisotopic (exact) mass is 452 g/mol. The fraction of sp³-hybridized carbons (Fsp3) is 0.304. The van der Waals surface area contributed by atoms with E-state index in [0.717, 1.165) is 11.1 Å². The standard InChI is InChI=1S/C23H20N2O6S/c26-17(11-14-7-3-1-4-8-14)24-19-20(28)25-21(19)32-16-12-18(27)31-23(16,25)22(29)30-13-15-9-5-2-6-10-15/h1-10,16,19,21H,11-13H2,(H,24,26)/t16-,19-,21-,23-/m1/s1. The van der Waals surface area contributed by atoms with E-state index in [0.29, 0.717) is 0 Å². The number of thioether (sulfide) groups is 1. The lowest BCUT2D eigenvalue weighted by Crippen LogP contribution is -2.75. The minimum Gasteiger partial charge on any atom is -0.456 e. The number of nitrogens with one attached hydrogen (secondary N) is 1. The molecule has 0 saturated carbocycles. The lowest BCUT2D eigenvalue weighted by molar-refractivity contribution is -0.208. The minimum atomic E-state index is -1.78. The fourth-order valence-electron chi connectivity index (χ4n) is 4.28. The number of benzene rings is 2. The van der Waals surface area contributed by atoms with Crippen LogP contribution in [0.1, 0.15) is 17.5 Å². The first-order valence-electron chi connectivity index (χ1n) is 10.2. The molecule has 0 aliphatic carbocycles. The van der Waals surface area contributed by atoms with Crippen molar-refractivity contribution < 1.29 is 28.7 Å². The van der Waals surface area contributed by atoms with E-state index < -0.39 is 40.2 Å². The van der Waals surface area contributed by atoms with Gasteiger partial charge in [0, 0.05) is 0 Å². The summed E-state index contributed by atoms with van der Waals surface area (Å²) in [5, 5.41) is 1.68. The number of fused-ring (bicyclic) bond motifs is 3. The number of rotatable bonds is 6. The van der Waals surface area contributed by atoms with Crippen LogP contribution >= 0.6 is 11.8 Å². The zero-order chi connectivity index (χ0) is 22.3. The third kappa shape index (κ3) is 3.33. The fourth-order valence-corrected chi connectivity index (χ4v) is 6.01. The molecule has 2 aromatic carbocycles. The summed E-state index contributed by atoms with van der Waals surface area (Å²) in [6.45, 7) is 0.000295. The molecule has 0 unspecified atom stereocenters. The number of hydrogen-bond donors (Lipinski definition) is 1. The molecule has 164 valence electrons. The molecule has 3 fully saturated rings. The molecule has 1 N–H and O–H groups in total. The quantitative estimate of drug-likeness (QED) is 0.522. The number of carbonyl (C=O) groups excluding carboxylic acids is 4. The normalized spacial score (nSPS) is 27.8. The van der Waals surface area contributed by atoms with E-state index in [1.165, 1.54) is 16.7 Å². The summed E-state index contributed by atoms with van der Waals surface area (Å²) in [5.41, 5.74) is -0.167. The topological polar surface area (TPSA) is 102 Å². The van der Waals surface area contributed by atoms with Gasteiger partial charge in [0.25, 0.3) is 11.6 Å². The Labute approximate surface area is 188 Å². The predicted molar refractivity (Wildman–Crippen MR) is 114 cm³/mol. The van der Waals surface area contributed by atoms with Crippen molar-refractivity contribution in [3.8, 4) is 0 Å². The Kier molecular flexibility index (Phi) is 5.13. The van der Waals surface area contributed by atoms with Gasteiger partial charge in [0.05, 0.1) is 18.1 Å². The Balaban J connectivity index is 1.29. The van der Waals surface area contributed by atoms with E-state index in [4.69, 9.17) is 9.47 Å². The first-order chi connectivity index (χ1) is 15.5.